The molecule has 0 fully saturated rings. The molecule has 0 aromatic heterocycles. The summed E-state index contributed by atoms with van der Waals surface area (Å²) in [4.78, 5) is 0. The average Bonchev–Trinajstić information content (AvgIpc) is 2.40. The van der Waals surface area contributed by atoms with Crippen molar-refractivity contribution >= 4 is 8.58 Å². The Bertz CT molecular complexity index is 392. The predicted molar refractivity (Wildman–Crippen MR) is 76.6 cm³/mol. The van der Waals surface area contributed by atoms with Crippen LogP contribution in [0.3, 0.4) is 0 Å². The molecule has 87 valence electrons. The molecule has 0 aliphatic rings. The van der Waals surface area contributed by atoms with Crippen LogP contribution in [0.25, 0.3) is 0 Å². The van der Waals surface area contributed by atoms with Gasteiger partial charge < -0.3 is 0 Å². The summed E-state index contributed by atoms with van der Waals surface area (Å²) in [6, 6.07) is 21.5. The van der Waals surface area contributed by atoms with Crippen molar-refractivity contribution < 1.29 is 0 Å². The molecule has 1 radical (unpaired) electrons. The first-order valence-electron chi connectivity index (χ1n) is 6.07. The lowest BCUT2D eigenvalue weighted by molar-refractivity contribution is 1.02. The Morgan fingerprint density at radius 3 is 1.35 bits per heavy atom. The van der Waals surface area contributed by atoms with Gasteiger partial charge in [0, 0.05) is 11.3 Å². The highest BCUT2D eigenvalue weighted by Crippen LogP contribution is 2.45. The molecule has 0 heterocycles. The Morgan fingerprint density at radius 2 is 1.00 bits per heavy atom. The fourth-order valence-electron chi connectivity index (χ4n) is 1.97. The first-order chi connectivity index (χ1) is 8.27. The van der Waals surface area contributed by atoms with Crippen LogP contribution in [-0.4, -0.2) is 0 Å². The van der Waals surface area contributed by atoms with Gasteiger partial charge in [-0.1, -0.05) is 83.1 Å². The largest absolute Gasteiger partial charge is 0.0650 e. The molecule has 0 amide bonds. The van der Waals surface area contributed by atoms with Gasteiger partial charge >= 0.3 is 0 Å². The Hall–Kier alpha value is -1.13. The fraction of sp³-hybridized carbons (Fsp3) is 0.250. The summed E-state index contributed by atoms with van der Waals surface area (Å²) in [5.74, 6) is 0. The van der Waals surface area contributed by atoms with E-state index in [2.05, 4.69) is 74.5 Å². The molecule has 0 bridgehead atoms. The zero-order chi connectivity index (χ0) is 12.1. The van der Waals surface area contributed by atoms with Crippen LogP contribution in [0.1, 0.15) is 36.3 Å². The molecule has 0 spiro atoms. The summed E-state index contributed by atoms with van der Waals surface area (Å²) in [7, 11) is 1.47. The summed E-state index contributed by atoms with van der Waals surface area (Å²) in [6.07, 6.45) is 0. The molecule has 0 saturated carbocycles. The van der Waals surface area contributed by atoms with E-state index in [0.717, 1.165) is 0 Å². The maximum atomic E-state index is 2.30. The monoisotopic (exact) mass is 241 g/mol. The van der Waals surface area contributed by atoms with Crippen molar-refractivity contribution in [1.29, 1.82) is 0 Å². The SMILES string of the molecule is CC([P]C(C)c1ccccc1)c1ccccc1. The van der Waals surface area contributed by atoms with Crippen LogP contribution >= 0.6 is 8.58 Å². The van der Waals surface area contributed by atoms with E-state index in [4.69, 9.17) is 0 Å². The molecule has 2 aromatic rings. The van der Waals surface area contributed by atoms with Gasteiger partial charge in [-0.25, -0.2) is 0 Å². The smallest absolute Gasteiger partial charge is 0.00578 e. The number of benzene rings is 2. The molecule has 2 atom stereocenters. The number of rotatable bonds is 4. The van der Waals surface area contributed by atoms with Gasteiger partial charge in [-0.05, 0) is 11.1 Å². The Balaban J connectivity index is 2.02. The van der Waals surface area contributed by atoms with Crippen LogP contribution in [0.2, 0.25) is 0 Å². The van der Waals surface area contributed by atoms with E-state index in [9.17, 15) is 0 Å². The van der Waals surface area contributed by atoms with Crippen molar-refractivity contribution in [3.8, 4) is 0 Å². The lowest BCUT2D eigenvalue weighted by Crippen LogP contribution is -1.91. The van der Waals surface area contributed by atoms with Crippen LogP contribution in [0.15, 0.2) is 60.7 Å². The molecule has 17 heavy (non-hydrogen) atoms. The van der Waals surface area contributed by atoms with Crippen LogP contribution in [0, 0.1) is 0 Å². The van der Waals surface area contributed by atoms with Crippen molar-refractivity contribution in [2.24, 2.45) is 0 Å². The van der Waals surface area contributed by atoms with Crippen molar-refractivity contribution in [1.82, 2.24) is 0 Å². The minimum Gasteiger partial charge on any atom is -0.0650 e. The summed E-state index contributed by atoms with van der Waals surface area (Å²) >= 11 is 0. The van der Waals surface area contributed by atoms with Gasteiger partial charge in [0.1, 0.15) is 0 Å². The van der Waals surface area contributed by atoms with Gasteiger partial charge in [-0.15, -0.1) is 0 Å². The third-order valence-electron chi connectivity index (χ3n) is 3.01. The second-order valence-corrected chi connectivity index (χ2v) is 6.17. The quantitative estimate of drug-likeness (QED) is 0.624. The van der Waals surface area contributed by atoms with Crippen LogP contribution in [0.5, 0.6) is 0 Å². The second kappa shape index (κ2) is 5.98. The van der Waals surface area contributed by atoms with Gasteiger partial charge in [0.15, 0.2) is 0 Å². The van der Waals surface area contributed by atoms with E-state index in [1.165, 1.54) is 19.7 Å². The van der Waals surface area contributed by atoms with Crippen LogP contribution in [-0.2, 0) is 0 Å². The highest BCUT2D eigenvalue weighted by Gasteiger charge is 2.12. The van der Waals surface area contributed by atoms with E-state index in [0.29, 0.717) is 11.3 Å². The predicted octanol–water partition coefficient (Wildman–Crippen LogP) is 5.46. The second-order valence-electron chi connectivity index (χ2n) is 4.32. The molecule has 2 rings (SSSR count). The van der Waals surface area contributed by atoms with Crippen molar-refractivity contribution in [2.75, 3.05) is 0 Å². The molecule has 0 nitrogen and oxygen atoms in total. The third kappa shape index (κ3) is 3.41. The maximum Gasteiger partial charge on any atom is 0.00578 e. The topological polar surface area (TPSA) is 0 Å². The number of hydrogen-bond acceptors (Lipinski definition) is 0. The Morgan fingerprint density at radius 1 is 0.647 bits per heavy atom. The minimum atomic E-state index is 0.589. The molecule has 1 heteroatoms. The molecule has 2 aromatic carbocycles. The van der Waals surface area contributed by atoms with E-state index in [1.807, 2.05) is 0 Å². The standard InChI is InChI=1S/C16H18P/c1-13(15-9-5-3-6-10-15)17-14(2)16-11-7-4-8-12-16/h3-14H,1-2H3. The average molecular weight is 241 g/mol. The zero-order valence-electron chi connectivity index (χ0n) is 10.4. The van der Waals surface area contributed by atoms with Crippen molar-refractivity contribution in [3.63, 3.8) is 0 Å². The lowest BCUT2D eigenvalue weighted by atomic mass is 10.2. The van der Waals surface area contributed by atoms with Crippen LogP contribution < -0.4 is 0 Å². The summed E-state index contributed by atoms with van der Waals surface area (Å²) < 4.78 is 0. The fourth-order valence-corrected chi connectivity index (χ4v) is 3.33. The maximum absolute atomic E-state index is 2.30. The molecule has 0 aliphatic heterocycles. The Kier molecular flexibility index (Phi) is 4.34. The number of hydrogen-bond donors (Lipinski definition) is 0. The normalized spacial score (nSPS) is 14.9. The van der Waals surface area contributed by atoms with Gasteiger partial charge in [0.2, 0.25) is 0 Å². The summed E-state index contributed by atoms with van der Waals surface area (Å²) in [5, 5.41) is 0. The van der Waals surface area contributed by atoms with Gasteiger partial charge in [-0.3, -0.25) is 0 Å². The first-order valence-corrected chi connectivity index (χ1v) is 7.10. The van der Waals surface area contributed by atoms with E-state index < -0.39 is 0 Å². The Labute approximate surface area is 106 Å². The molecular formula is C16H18P. The highest BCUT2D eigenvalue weighted by molar-refractivity contribution is 7.38. The third-order valence-corrected chi connectivity index (χ3v) is 4.50. The molecule has 0 N–H and O–H groups in total. The van der Waals surface area contributed by atoms with Gasteiger partial charge in [-0.2, -0.15) is 0 Å². The molecular weight excluding hydrogens is 223 g/mol. The minimum absolute atomic E-state index is 0.589. The molecule has 0 aliphatic carbocycles. The molecule has 0 saturated heterocycles. The van der Waals surface area contributed by atoms with Crippen LogP contribution in [0.4, 0.5) is 0 Å². The summed E-state index contributed by atoms with van der Waals surface area (Å²) in [5.41, 5.74) is 4.03. The van der Waals surface area contributed by atoms with E-state index in [1.54, 1.807) is 0 Å². The highest BCUT2D eigenvalue weighted by atomic mass is 31.1. The molecule has 2 unspecified atom stereocenters. The first kappa shape index (κ1) is 12.3. The zero-order valence-corrected chi connectivity index (χ0v) is 11.3. The van der Waals surface area contributed by atoms with E-state index in [-0.39, 0.29) is 0 Å². The lowest BCUT2D eigenvalue weighted by Gasteiger charge is -2.17. The van der Waals surface area contributed by atoms with E-state index >= 15 is 0 Å². The van der Waals surface area contributed by atoms with Crippen molar-refractivity contribution in [3.05, 3.63) is 71.8 Å². The van der Waals surface area contributed by atoms with Gasteiger partial charge in [0.05, 0.1) is 0 Å². The van der Waals surface area contributed by atoms with Crippen molar-refractivity contribution in [2.45, 2.75) is 25.2 Å². The van der Waals surface area contributed by atoms with Gasteiger partial charge in [0.25, 0.3) is 0 Å². The summed E-state index contributed by atoms with van der Waals surface area (Å²) in [6.45, 7) is 4.60.